The van der Waals surface area contributed by atoms with Crippen LogP contribution in [-0.4, -0.2) is 12.1 Å². The van der Waals surface area contributed by atoms with E-state index in [-0.39, 0.29) is 12.1 Å². The molecule has 0 N–H and O–H groups in total. The van der Waals surface area contributed by atoms with Crippen LogP contribution >= 0.6 is 0 Å². The molecule has 0 radical (unpaired) electrons. The van der Waals surface area contributed by atoms with E-state index in [0.29, 0.717) is 5.92 Å². The molecule has 0 amide bonds. The van der Waals surface area contributed by atoms with Crippen molar-refractivity contribution in [2.24, 2.45) is 23.7 Å². The minimum Gasteiger partial charge on any atom is -0.462 e. The van der Waals surface area contributed by atoms with E-state index in [0.717, 1.165) is 24.2 Å². The molecule has 2 heteroatoms. The van der Waals surface area contributed by atoms with Crippen LogP contribution in [-0.2, 0) is 9.53 Å². The van der Waals surface area contributed by atoms with Crippen molar-refractivity contribution in [3.8, 4) is 0 Å². The van der Waals surface area contributed by atoms with Gasteiger partial charge >= 0.3 is 5.97 Å². The number of fused-ring (bicyclic) bond motifs is 5. The normalized spacial score (nSPS) is 48.2. The Morgan fingerprint density at radius 3 is 3.00 bits per heavy atom. The maximum atomic E-state index is 10.9. The molecule has 0 aliphatic heterocycles. The fourth-order valence-corrected chi connectivity index (χ4v) is 3.84. The summed E-state index contributed by atoms with van der Waals surface area (Å²) in [6.45, 7) is 1.52. The first kappa shape index (κ1) is 8.51. The summed E-state index contributed by atoms with van der Waals surface area (Å²) < 4.78 is 5.39. The Morgan fingerprint density at radius 2 is 2.21 bits per heavy atom. The van der Waals surface area contributed by atoms with Gasteiger partial charge < -0.3 is 4.74 Å². The number of carbonyl (C=O) groups is 1. The zero-order valence-electron chi connectivity index (χ0n) is 8.48. The molecule has 0 saturated heterocycles. The van der Waals surface area contributed by atoms with Crippen LogP contribution in [0, 0.1) is 23.7 Å². The van der Waals surface area contributed by atoms with Gasteiger partial charge in [-0.1, -0.05) is 12.2 Å². The largest absolute Gasteiger partial charge is 0.462 e. The van der Waals surface area contributed by atoms with Gasteiger partial charge in [-0.15, -0.1) is 0 Å². The molecule has 2 saturated carbocycles. The van der Waals surface area contributed by atoms with Crippen LogP contribution in [0.4, 0.5) is 0 Å². The molecule has 14 heavy (non-hydrogen) atoms. The molecule has 3 aliphatic rings. The highest BCUT2D eigenvalue weighted by Gasteiger charge is 2.53. The molecule has 3 aliphatic carbocycles. The van der Waals surface area contributed by atoms with Gasteiger partial charge in [0.1, 0.15) is 6.10 Å². The molecule has 2 fully saturated rings. The monoisotopic (exact) mass is 192 g/mol. The van der Waals surface area contributed by atoms with E-state index in [2.05, 4.69) is 12.2 Å². The highest BCUT2D eigenvalue weighted by atomic mass is 16.5. The summed E-state index contributed by atoms with van der Waals surface area (Å²) in [7, 11) is 0. The number of hydrogen-bond acceptors (Lipinski definition) is 2. The molecule has 0 aromatic carbocycles. The first-order chi connectivity index (χ1) is 6.75. The second kappa shape index (κ2) is 2.85. The third-order valence-electron chi connectivity index (χ3n) is 4.26. The highest BCUT2D eigenvalue weighted by molar-refractivity contribution is 5.66. The van der Waals surface area contributed by atoms with Gasteiger partial charge in [-0.05, 0) is 42.9 Å². The van der Waals surface area contributed by atoms with Gasteiger partial charge in [0.05, 0.1) is 0 Å². The molecule has 0 unspecified atom stereocenters. The molecule has 2 nitrogen and oxygen atoms in total. The number of esters is 1. The van der Waals surface area contributed by atoms with Gasteiger partial charge in [-0.2, -0.15) is 0 Å². The summed E-state index contributed by atoms with van der Waals surface area (Å²) in [5.41, 5.74) is 0. The van der Waals surface area contributed by atoms with E-state index in [1.165, 1.54) is 19.8 Å². The van der Waals surface area contributed by atoms with Crippen molar-refractivity contribution in [1.29, 1.82) is 0 Å². The number of carbonyl (C=O) groups excluding carboxylic acids is 1. The number of ether oxygens (including phenoxy) is 1. The van der Waals surface area contributed by atoms with Crippen molar-refractivity contribution < 1.29 is 9.53 Å². The molecule has 0 aromatic heterocycles. The maximum absolute atomic E-state index is 10.9. The Hall–Kier alpha value is -0.790. The number of hydrogen-bond donors (Lipinski definition) is 0. The summed E-state index contributed by atoms with van der Waals surface area (Å²) in [6, 6.07) is 0. The SMILES string of the molecule is CC(=O)O[C@@H]1C[C@@H]2C[C@@H]1[C@H]1CC=C[C@H]21. The van der Waals surface area contributed by atoms with Crippen LogP contribution in [0.2, 0.25) is 0 Å². The van der Waals surface area contributed by atoms with Crippen molar-refractivity contribution in [3.05, 3.63) is 12.2 Å². The van der Waals surface area contributed by atoms with Crippen LogP contribution in [0.3, 0.4) is 0 Å². The van der Waals surface area contributed by atoms with E-state index in [1.807, 2.05) is 0 Å². The average molecular weight is 192 g/mol. The van der Waals surface area contributed by atoms with Crippen molar-refractivity contribution in [3.63, 3.8) is 0 Å². The van der Waals surface area contributed by atoms with Crippen LogP contribution < -0.4 is 0 Å². The lowest BCUT2D eigenvalue weighted by atomic mass is 9.80. The average Bonchev–Trinajstić information content (AvgIpc) is 2.68. The molecule has 0 heterocycles. The number of allylic oxidation sites excluding steroid dienone is 2. The third kappa shape index (κ3) is 1.06. The van der Waals surface area contributed by atoms with E-state index in [4.69, 9.17) is 4.74 Å². The predicted octanol–water partition coefficient (Wildman–Crippen LogP) is 2.15. The van der Waals surface area contributed by atoms with Gasteiger partial charge in [0.2, 0.25) is 0 Å². The quantitative estimate of drug-likeness (QED) is 0.470. The second-order valence-electron chi connectivity index (χ2n) is 4.95. The fourth-order valence-electron chi connectivity index (χ4n) is 3.84. The minimum atomic E-state index is -0.106. The summed E-state index contributed by atoms with van der Waals surface area (Å²) in [6.07, 6.45) is 8.54. The lowest BCUT2D eigenvalue weighted by molar-refractivity contribution is -0.150. The van der Waals surface area contributed by atoms with Crippen LogP contribution in [0.15, 0.2) is 12.2 Å². The van der Waals surface area contributed by atoms with Crippen LogP contribution in [0.5, 0.6) is 0 Å². The first-order valence-electron chi connectivity index (χ1n) is 5.59. The summed E-state index contributed by atoms with van der Waals surface area (Å²) >= 11 is 0. The maximum Gasteiger partial charge on any atom is 0.302 e. The van der Waals surface area contributed by atoms with Gasteiger partial charge in [-0.25, -0.2) is 0 Å². The molecular formula is C12H16O2. The topological polar surface area (TPSA) is 26.3 Å². The molecule has 2 bridgehead atoms. The van der Waals surface area contributed by atoms with Gasteiger partial charge in [0, 0.05) is 6.92 Å². The third-order valence-corrected chi connectivity index (χ3v) is 4.26. The zero-order valence-corrected chi connectivity index (χ0v) is 8.48. The molecule has 76 valence electrons. The Balaban J connectivity index is 1.75. The Labute approximate surface area is 84.3 Å². The van der Waals surface area contributed by atoms with E-state index >= 15 is 0 Å². The molecule has 0 aromatic rings. The number of rotatable bonds is 1. The Morgan fingerprint density at radius 1 is 1.36 bits per heavy atom. The zero-order chi connectivity index (χ0) is 9.71. The second-order valence-corrected chi connectivity index (χ2v) is 4.95. The molecule has 5 atom stereocenters. The molecular weight excluding hydrogens is 176 g/mol. The van der Waals surface area contributed by atoms with Crippen molar-refractivity contribution in [2.45, 2.75) is 32.3 Å². The van der Waals surface area contributed by atoms with Gasteiger partial charge in [-0.3, -0.25) is 4.79 Å². The van der Waals surface area contributed by atoms with E-state index in [1.54, 1.807) is 0 Å². The van der Waals surface area contributed by atoms with E-state index in [9.17, 15) is 4.79 Å². The lowest BCUT2D eigenvalue weighted by Gasteiger charge is -2.30. The lowest BCUT2D eigenvalue weighted by Crippen LogP contribution is -2.31. The summed E-state index contributed by atoms with van der Waals surface area (Å²) in [4.78, 5) is 10.9. The fraction of sp³-hybridized carbons (Fsp3) is 0.750. The van der Waals surface area contributed by atoms with Gasteiger partial charge in [0.25, 0.3) is 0 Å². The minimum absolute atomic E-state index is 0.106. The van der Waals surface area contributed by atoms with Crippen molar-refractivity contribution >= 4 is 5.97 Å². The van der Waals surface area contributed by atoms with E-state index < -0.39 is 0 Å². The summed E-state index contributed by atoms with van der Waals surface area (Å²) in [5, 5.41) is 0. The Kier molecular flexibility index (Phi) is 1.73. The summed E-state index contributed by atoms with van der Waals surface area (Å²) in [5.74, 6) is 2.95. The van der Waals surface area contributed by atoms with Crippen molar-refractivity contribution in [2.75, 3.05) is 0 Å². The van der Waals surface area contributed by atoms with Crippen molar-refractivity contribution in [1.82, 2.24) is 0 Å². The molecule has 0 spiro atoms. The van der Waals surface area contributed by atoms with Crippen LogP contribution in [0.1, 0.15) is 26.2 Å². The smallest absolute Gasteiger partial charge is 0.302 e. The van der Waals surface area contributed by atoms with Gasteiger partial charge in [0.15, 0.2) is 0 Å². The van der Waals surface area contributed by atoms with Crippen LogP contribution in [0.25, 0.3) is 0 Å². The standard InChI is InChI=1S/C12H16O2/c1-7(13)14-12-6-8-5-11(12)10-4-2-3-9(8)10/h2-3,8-12H,4-6H2,1H3/t8-,9+,10-,11+,12+/m0/s1. The highest BCUT2D eigenvalue weighted by Crippen LogP contribution is 2.57. The molecule has 3 rings (SSSR count). The Bertz CT molecular complexity index is 295. The predicted molar refractivity (Wildman–Crippen MR) is 52.5 cm³/mol. The first-order valence-corrected chi connectivity index (χ1v) is 5.59.